The maximum Gasteiger partial charge on any atom is 0.296 e. The molecule has 3 aromatic rings. The zero-order chi connectivity index (χ0) is 17.3. The van der Waals surface area contributed by atoms with Gasteiger partial charge < -0.3 is 15.0 Å². The van der Waals surface area contributed by atoms with Gasteiger partial charge in [0.15, 0.2) is 0 Å². The van der Waals surface area contributed by atoms with Crippen LogP contribution in [0.4, 0.5) is 5.69 Å². The second-order valence-electron chi connectivity index (χ2n) is 5.33. The number of carbonyl (C=O) groups is 2. The van der Waals surface area contributed by atoms with Gasteiger partial charge in [-0.15, -0.1) is 0 Å². The van der Waals surface area contributed by atoms with Gasteiger partial charge in [-0.1, -0.05) is 29.8 Å². The van der Waals surface area contributed by atoms with E-state index in [1.807, 2.05) is 18.2 Å². The van der Waals surface area contributed by atoms with E-state index >= 15 is 0 Å². The Balaban J connectivity index is 1.90. The highest BCUT2D eigenvalue weighted by atomic mass is 35.5. The number of ketones is 1. The summed E-state index contributed by atoms with van der Waals surface area (Å²) in [6.45, 7) is 1.80. The Kier molecular flexibility index (Phi) is 4.27. The van der Waals surface area contributed by atoms with E-state index in [1.54, 1.807) is 25.1 Å². The van der Waals surface area contributed by atoms with Gasteiger partial charge in [-0.25, -0.2) is 0 Å². The summed E-state index contributed by atoms with van der Waals surface area (Å²) in [4.78, 5) is 27.8. The predicted octanol–water partition coefficient (Wildman–Crippen LogP) is 3.96. The molecule has 1 aromatic heterocycles. The van der Waals surface area contributed by atoms with Crippen LogP contribution in [0.2, 0.25) is 5.02 Å². The van der Waals surface area contributed by atoms with E-state index < -0.39 is 11.7 Å². The molecule has 0 aliphatic heterocycles. The molecule has 1 heterocycles. The van der Waals surface area contributed by atoms with Crippen molar-refractivity contribution in [3.05, 3.63) is 58.7 Å². The Hall–Kier alpha value is -2.79. The fourth-order valence-corrected chi connectivity index (χ4v) is 2.64. The highest BCUT2D eigenvalue weighted by Gasteiger charge is 2.21. The van der Waals surface area contributed by atoms with Crippen LogP contribution < -0.4 is 10.1 Å². The molecule has 0 fully saturated rings. The molecule has 6 heteroatoms. The number of ether oxygens (including phenoxy) is 1. The van der Waals surface area contributed by atoms with Crippen LogP contribution in [0.25, 0.3) is 10.9 Å². The lowest BCUT2D eigenvalue weighted by atomic mass is 10.1. The topological polar surface area (TPSA) is 71.2 Å². The number of hydrogen-bond donors (Lipinski definition) is 2. The smallest absolute Gasteiger partial charge is 0.296 e. The number of anilines is 1. The second kappa shape index (κ2) is 6.37. The predicted molar refractivity (Wildman–Crippen MR) is 94.0 cm³/mol. The number of methoxy groups -OCH3 is 1. The molecule has 2 aromatic carbocycles. The van der Waals surface area contributed by atoms with Gasteiger partial charge in [-0.05, 0) is 24.6 Å². The Morgan fingerprint density at radius 2 is 1.96 bits per heavy atom. The van der Waals surface area contributed by atoms with Crippen LogP contribution in [0.5, 0.6) is 5.75 Å². The molecule has 0 atom stereocenters. The molecule has 1 amide bonds. The van der Waals surface area contributed by atoms with E-state index in [2.05, 4.69) is 10.3 Å². The number of H-pyrrole nitrogens is 1. The fraction of sp³-hybridized carbons (Fsp3) is 0.111. The van der Waals surface area contributed by atoms with Gasteiger partial charge in [-0.3, -0.25) is 9.59 Å². The molecule has 2 N–H and O–H groups in total. The Bertz CT molecular complexity index is 947. The fourth-order valence-electron chi connectivity index (χ4n) is 2.49. The van der Waals surface area contributed by atoms with E-state index in [9.17, 15) is 9.59 Å². The molecule has 3 rings (SSSR count). The minimum Gasteiger partial charge on any atom is -0.495 e. The van der Waals surface area contributed by atoms with Crippen LogP contribution in [-0.4, -0.2) is 23.8 Å². The van der Waals surface area contributed by atoms with Gasteiger partial charge in [0, 0.05) is 28.2 Å². The van der Waals surface area contributed by atoms with Crippen molar-refractivity contribution < 1.29 is 14.3 Å². The van der Waals surface area contributed by atoms with Crippen molar-refractivity contribution in [3.8, 4) is 5.75 Å². The number of fused-ring (bicyclic) bond motifs is 1. The third-order valence-corrected chi connectivity index (χ3v) is 4.18. The normalized spacial score (nSPS) is 10.6. The van der Waals surface area contributed by atoms with Crippen molar-refractivity contribution in [3.63, 3.8) is 0 Å². The summed E-state index contributed by atoms with van der Waals surface area (Å²) < 4.78 is 5.21. The van der Waals surface area contributed by atoms with E-state index in [1.165, 1.54) is 13.3 Å². The first-order valence-electron chi connectivity index (χ1n) is 7.27. The molecule has 0 spiro atoms. The summed E-state index contributed by atoms with van der Waals surface area (Å²) in [7, 11) is 1.47. The van der Waals surface area contributed by atoms with E-state index in [0.29, 0.717) is 27.4 Å². The monoisotopic (exact) mass is 342 g/mol. The third kappa shape index (κ3) is 2.86. The molecule has 5 nitrogen and oxygen atoms in total. The van der Waals surface area contributed by atoms with Crippen LogP contribution in [0, 0.1) is 6.92 Å². The number of aryl methyl sites for hydroxylation is 1. The summed E-state index contributed by atoms with van der Waals surface area (Å²) in [5.41, 5.74) is 2.30. The lowest BCUT2D eigenvalue weighted by Gasteiger charge is -2.11. The second-order valence-corrected chi connectivity index (χ2v) is 5.74. The maximum absolute atomic E-state index is 12.5. The first kappa shape index (κ1) is 16.1. The number of benzene rings is 2. The molecule has 0 aliphatic carbocycles. The van der Waals surface area contributed by atoms with Crippen LogP contribution in [0.1, 0.15) is 15.9 Å². The highest BCUT2D eigenvalue weighted by molar-refractivity contribution is 6.48. The number of aromatic amines is 1. The van der Waals surface area contributed by atoms with E-state index in [0.717, 1.165) is 11.1 Å². The number of hydrogen-bond acceptors (Lipinski definition) is 3. The largest absolute Gasteiger partial charge is 0.495 e. The maximum atomic E-state index is 12.5. The molecular formula is C18H15ClN2O3. The van der Waals surface area contributed by atoms with Gasteiger partial charge in [0.2, 0.25) is 0 Å². The van der Waals surface area contributed by atoms with Crippen molar-refractivity contribution in [2.75, 3.05) is 12.4 Å². The van der Waals surface area contributed by atoms with Crippen LogP contribution in [-0.2, 0) is 4.79 Å². The summed E-state index contributed by atoms with van der Waals surface area (Å²) in [5, 5.41) is 3.82. The number of carbonyl (C=O) groups excluding carboxylic acids is 2. The quantitative estimate of drug-likeness (QED) is 0.557. The van der Waals surface area contributed by atoms with Crippen molar-refractivity contribution in [1.29, 1.82) is 0 Å². The molecule has 0 aliphatic rings. The van der Waals surface area contributed by atoms with E-state index in [4.69, 9.17) is 16.3 Å². The zero-order valence-corrected chi connectivity index (χ0v) is 13.9. The molecule has 0 unspecified atom stereocenters. The summed E-state index contributed by atoms with van der Waals surface area (Å²) >= 11 is 6.05. The number of rotatable bonds is 4. The van der Waals surface area contributed by atoms with Crippen LogP contribution in [0.15, 0.2) is 42.6 Å². The minimum atomic E-state index is -0.736. The third-order valence-electron chi connectivity index (χ3n) is 3.77. The number of nitrogens with one attached hydrogen (secondary N) is 2. The van der Waals surface area contributed by atoms with Gasteiger partial charge >= 0.3 is 0 Å². The molecule has 0 saturated carbocycles. The number of para-hydroxylation sites is 1. The van der Waals surface area contributed by atoms with Gasteiger partial charge in [-0.2, -0.15) is 0 Å². The molecule has 122 valence electrons. The Morgan fingerprint density at radius 1 is 1.21 bits per heavy atom. The van der Waals surface area contributed by atoms with E-state index in [-0.39, 0.29) is 0 Å². The SMILES string of the molecule is COc1cc(Cl)c(C)cc1NC(=O)C(=O)c1c[nH]c2ccccc12. The standard InChI is InChI=1S/C18H15ClN2O3/c1-10-7-15(16(24-2)8-13(10)19)21-18(23)17(22)12-9-20-14-6-4-3-5-11(12)14/h3-9,20H,1-2H3,(H,21,23). The number of aromatic nitrogens is 1. The molecule has 0 saturated heterocycles. The first-order chi connectivity index (χ1) is 11.5. The number of halogens is 1. The highest BCUT2D eigenvalue weighted by Crippen LogP contribution is 2.31. The first-order valence-corrected chi connectivity index (χ1v) is 7.65. The summed E-state index contributed by atoms with van der Waals surface area (Å²) in [6.07, 6.45) is 1.54. The van der Waals surface area contributed by atoms with Gasteiger partial charge in [0.1, 0.15) is 5.75 Å². The summed E-state index contributed by atoms with van der Waals surface area (Å²) in [6, 6.07) is 10.6. The molecule has 0 bridgehead atoms. The number of amides is 1. The molecule has 0 radical (unpaired) electrons. The average Bonchev–Trinajstić information content (AvgIpc) is 3.01. The van der Waals surface area contributed by atoms with Crippen molar-refractivity contribution in [2.45, 2.75) is 6.92 Å². The van der Waals surface area contributed by atoms with Crippen molar-refractivity contribution in [2.24, 2.45) is 0 Å². The average molecular weight is 343 g/mol. The van der Waals surface area contributed by atoms with Crippen LogP contribution in [0.3, 0.4) is 0 Å². The molecular weight excluding hydrogens is 328 g/mol. The Labute approximate surface area is 143 Å². The van der Waals surface area contributed by atoms with Gasteiger partial charge in [0.25, 0.3) is 11.7 Å². The number of Topliss-reactive ketones (excluding diaryl/α,β-unsaturated/α-hetero) is 1. The minimum absolute atomic E-state index is 0.327. The lowest BCUT2D eigenvalue weighted by Crippen LogP contribution is -2.23. The van der Waals surface area contributed by atoms with Crippen molar-refractivity contribution in [1.82, 2.24) is 4.98 Å². The Morgan fingerprint density at radius 3 is 2.71 bits per heavy atom. The lowest BCUT2D eigenvalue weighted by molar-refractivity contribution is -0.112. The zero-order valence-electron chi connectivity index (χ0n) is 13.1. The van der Waals surface area contributed by atoms with Gasteiger partial charge in [0.05, 0.1) is 18.4 Å². The molecule has 24 heavy (non-hydrogen) atoms. The summed E-state index contributed by atoms with van der Waals surface area (Å²) in [5.74, 6) is -0.965. The van der Waals surface area contributed by atoms with Crippen molar-refractivity contribution >= 4 is 39.9 Å². The van der Waals surface area contributed by atoms with Crippen LogP contribution >= 0.6 is 11.6 Å².